The Morgan fingerprint density at radius 1 is 0.404 bits per heavy atom. The SMILES string of the molecule is CC(C)(C)OC(=O)CCCOCCOCCNC(=O)CCOCCOCCOCCOCCC(=O)CCCOCCOCCNC(=O)OC(C)(C)C. The molecule has 306 valence electrons. The van der Waals surface area contributed by atoms with E-state index in [1.165, 1.54) is 0 Å². The molecule has 0 spiro atoms. The van der Waals surface area contributed by atoms with Gasteiger partial charge in [0, 0.05) is 52.0 Å². The molecule has 16 heteroatoms. The molecule has 0 rings (SSSR count). The third-order valence-electron chi connectivity index (χ3n) is 6.18. The molecule has 2 N–H and O–H groups in total. The summed E-state index contributed by atoms with van der Waals surface area (Å²) in [5, 5.41) is 5.39. The normalized spacial score (nSPS) is 11.7. The van der Waals surface area contributed by atoms with Crippen LogP contribution in [0.15, 0.2) is 0 Å². The van der Waals surface area contributed by atoms with Crippen LogP contribution in [0.1, 0.15) is 80.1 Å². The molecule has 0 heterocycles. The predicted octanol–water partition coefficient (Wildman–Crippen LogP) is 3.01. The van der Waals surface area contributed by atoms with Gasteiger partial charge in [0.15, 0.2) is 0 Å². The van der Waals surface area contributed by atoms with E-state index >= 15 is 0 Å². The van der Waals surface area contributed by atoms with Crippen molar-refractivity contribution in [2.75, 3.05) is 119 Å². The average Bonchev–Trinajstić information content (AvgIpc) is 3.04. The lowest BCUT2D eigenvalue weighted by atomic mass is 10.2. The number of nitrogens with one attached hydrogen (secondary N) is 2. The smallest absolute Gasteiger partial charge is 0.407 e. The maximum Gasteiger partial charge on any atom is 0.407 e. The number of ether oxygens (including phenoxy) is 10. The van der Waals surface area contributed by atoms with Gasteiger partial charge in [-0.05, 0) is 54.4 Å². The molecule has 0 radical (unpaired) electrons. The maximum atomic E-state index is 12.0. The van der Waals surface area contributed by atoms with Gasteiger partial charge in [-0.25, -0.2) is 4.79 Å². The molecule has 0 saturated carbocycles. The van der Waals surface area contributed by atoms with Crippen molar-refractivity contribution in [3.8, 4) is 0 Å². The molecule has 0 aromatic heterocycles. The molecule has 0 aromatic rings. The number of carbonyl (C=O) groups is 4. The lowest BCUT2D eigenvalue weighted by Gasteiger charge is -2.19. The number of amides is 2. The lowest BCUT2D eigenvalue weighted by Crippen LogP contribution is -2.34. The zero-order valence-corrected chi connectivity index (χ0v) is 32.7. The van der Waals surface area contributed by atoms with E-state index in [4.69, 9.17) is 47.4 Å². The second-order valence-electron chi connectivity index (χ2n) is 13.5. The number of esters is 1. The van der Waals surface area contributed by atoms with Crippen molar-refractivity contribution in [2.45, 2.75) is 91.3 Å². The van der Waals surface area contributed by atoms with Crippen LogP contribution in [-0.4, -0.2) is 154 Å². The summed E-state index contributed by atoms with van der Waals surface area (Å²) in [6, 6.07) is 0. The van der Waals surface area contributed by atoms with Gasteiger partial charge in [0.25, 0.3) is 0 Å². The van der Waals surface area contributed by atoms with E-state index < -0.39 is 17.3 Å². The number of ketones is 1. The van der Waals surface area contributed by atoms with Crippen LogP contribution < -0.4 is 10.6 Å². The quantitative estimate of drug-likeness (QED) is 0.0711. The Hall–Kier alpha value is -2.44. The fourth-order valence-corrected chi connectivity index (χ4v) is 3.85. The van der Waals surface area contributed by atoms with Crippen LogP contribution in [0.4, 0.5) is 4.79 Å². The molecule has 0 aliphatic rings. The van der Waals surface area contributed by atoms with Gasteiger partial charge >= 0.3 is 12.1 Å². The standard InChI is InChI=1S/C36H68N2O14/c1-35(2,3)51-33(41)10-8-16-44-22-25-47-19-13-37-32(40)12-18-46-24-28-50-30-29-49-27-23-45-17-11-31(39)9-7-15-43-21-26-48-20-14-38-34(42)52-36(4,5)6/h7-30H2,1-6H3,(H,37,40)(H,38,42). The largest absolute Gasteiger partial charge is 0.460 e. The third-order valence-corrected chi connectivity index (χ3v) is 6.18. The van der Waals surface area contributed by atoms with E-state index in [1.807, 2.05) is 20.8 Å². The summed E-state index contributed by atoms with van der Waals surface area (Å²) in [6.45, 7) is 18.1. The Labute approximate surface area is 310 Å². The van der Waals surface area contributed by atoms with E-state index in [0.29, 0.717) is 151 Å². The van der Waals surface area contributed by atoms with Crippen molar-refractivity contribution in [3.05, 3.63) is 0 Å². The van der Waals surface area contributed by atoms with Crippen molar-refractivity contribution in [2.24, 2.45) is 0 Å². The van der Waals surface area contributed by atoms with E-state index in [-0.39, 0.29) is 24.1 Å². The van der Waals surface area contributed by atoms with E-state index in [2.05, 4.69) is 10.6 Å². The predicted molar refractivity (Wildman–Crippen MR) is 192 cm³/mol. The van der Waals surface area contributed by atoms with Gasteiger partial charge in [0.1, 0.15) is 17.0 Å². The summed E-state index contributed by atoms with van der Waals surface area (Å²) in [6.07, 6.45) is 2.12. The molecule has 52 heavy (non-hydrogen) atoms. The highest BCUT2D eigenvalue weighted by molar-refractivity contribution is 5.78. The number of Topliss-reactive ketones (excluding diaryl/α,β-unsaturated/α-hetero) is 1. The molecule has 0 saturated heterocycles. The Kier molecular flexibility index (Phi) is 31.6. The van der Waals surface area contributed by atoms with Crippen LogP contribution in [0.2, 0.25) is 0 Å². The maximum absolute atomic E-state index is 12.0. The van der Waals surface area contributed by atoms with Gasteiger partial charge in [-0.1, -0.05) is 0 Å². The molecule has 2 amide bonds. The van der Waals surface area contributed by atoms with Crippen LogP contribution in [0.5, 0.6) is 0 Å². The second kappa shape index (κ2) is 33.2. The topological polar surface area (TPSA) is 185 Å². The first-order valence-corrected chi connectivity index (χ1v) is 18.4. The van der Waals surface area contributed by atoms with E-state index in [1.54, 1.807) is 20.8 Å². The minimum absolute atomic E-state index is 0.115. The summed E-state index contributed by atoms with van der Waals surface area (Å²) in [5.41, 5.74) is -1.00. The summed E-state index contributed by atoms with van der Waals surface area (Å²) < 4.78 is 53.9. The van der Waals surface area contributed by atoms with Crippen molar-refractivity contribution in [1.29, 1.82) is 0 Å². The summed E-state index contributed by atoms with van der Waals surface area (Å²) in [4.78, 5) is 47.0. The van der Waals surface area contributed by atoms with Gasteiger partial charge in [0.2, 0.25) is 5.91 Å². The van der Waals surface area contributed by atoms with Crippen LogP contribution in [-0.2, 0) is 61.8 Å². The fraction of sp³-hybridized carbons (Fsp3) is 0.889. The first-order valence-electron chi connectivity index (χ1n) is 18.4. The zero-order valence-electron chi connectivity index (χ0n) is 32.7. The molecular formula is C36H68N2O14. The molecule has 0 atom stereocenters. The highest BCUT2D eigenvalue weighted by Crippen LogP contribution is 2.09. The average molecular weight is 753 g/mol. The van der Waals surface area contributed by atoms with Gasteiger partial charge in [0.05, 0.1) is 92.5 Å². The first kappa shape index (κ1) is 49.6. The molecule has 0 fully saturated rings. The number of hydrogen-bond acceptors (Lipinski definition) is 14. The third kappa shape index (κ3) is 40.3. The zero-order chi connectivity index (χ0) is 38.8. The number of hydrogen-bond donors (Lipinski definition) is 2. The molecule has 0 unspecified atom stereocenters. The van der Waals surface area contributed by atoms with Crippen LogP contribution in [0.3, 0.4) is 0 Å². The van der Waals surface area contributed by atoms with Gasteiger partial charge in [-0.3, -0.25) is 14.4 Å². The van der Waals surface area contributed by atoms with E-state index in [9.17, 15) is 19.2 Å². The minimum atomic E-state index is -0.531. The molecule has 0 aliphatic heterocycles. The molecule has 0 aromatic carbocycles. The summed E-state index contributed by atoms with van der Waals surface area (Å²) in [5.74, 6) is -0.221. The fourth-order valence-electron chi connectivity index (χ4n) is 3.85. The summed E-state index contributed by atoms with van der Waals surface area (Å²) >= 11 is 0. The van der Waals surface area contributed by atoms with Crippen molar-refractivity contribution >= 4 is 23.8 Å². The van der Waals surface area contributed by atoms with Gasteiger partial charge in [-0.15, -0.1) is 0 Å². The Morgan fingerprint density at radius 3 is 1.27 bits per heavy atom. The minimum Gasteiger partial charge on any atom is -0.460 e. The first-order chi connectivity index (χ1) is 24.8. The van der Waals surface area contributed by atoms with Crippen molar-refractivity contribution < 1.29 is 66.5 Å². The monoisotopic (exact) mass is 752 g/mol. The molecular weight excluding hydrogens is 684 g/mol. The molecule has 0 bridgehead atoms. The molecule has 16 nitrogen and oxygen atoms in total. The van der Waals surface area contributed by atoms with Crippen molar-refractivity contribution in [1.82, 2.24) is 10.6 Å². The number of carbonyl (C=O) groups excluding carboxylic acids is 4. The lowest BCUT2D eigenvalue weighted by molar-refractivity contribution is -0.155. The highest BCUT2D eigenvalue weighted by atomic mass is 16.6. The highest BCUT2D eigenvalue weighted by Gasteiger charge is 2.16. The van der Waals surface area contributed by atoms with Gasteiger partial charge in [-0.2, -0.15) is 0 Å². The Morgan fingerprint density at radius 2 is 0.788 bits per heavy atom. The Balaban J connectivity index is 3.31. The van der Waals surface area contributed by atoms with Crippen molar-refractivity contribution in [3.63, 3.8) is 0 Å². The summed E-state index contributed by atoms with van der Waals surface area (Å²) in [7, 11) is 0. The second-order valence-corrected chi connectivity index (χ2v) is 13.5. The van der Waals surface area contributed by atoms with Crippen LogP contribution in [0.25, 0.3) is 0 Å². The number of alkyl carbamates (subject to hydrolysis) is 1. The van der Waals surface area contributed by atoms with E-state index in [0.717, 1.165) is 0 Å². The van der Waals surface area contributed by atoms with Gasteiger partial charge < -0.3 is 58.0 Å². The molecule has 0 aliphatic carbocycles. The number of rotatable bonds is 35. The van der Waals surface area contributed by atoms with Crippen LogP contribution >= 0.6 is 0 Å². The van der Waals surface area contributed by atoms with Crippen LogP contribution in [0, 0.1) is 0 Å². The Bertz CT molecular complexity index is 836.